The number of rotatable bonds is 4. The van der Waals surface area contributed by atoms with E-state index >= 15 is 0 Å². The van der Waals surface area contributed by atoms with Crippen LogP contribution in [0.5, 0.6) is 0 Å². The number of pyridine rings is 1. The summed E-state index contributed by atoms with van der Waals surface area (Å²) in [5.74, 6) is 1.53. The third-order valence-electron chi connectivity index (χ3n) is 5.69. The third-order valence-corrected chi connectivity index (χ3v) is 5.69. The van der Waals surface area contributed by atoms with Crippen LogP contribution in [0.3, 0.4) is 0 Å². The average molecular weight is 369 g/mol. The number of amides is 1. The number of likely N-dealkylation sites (tertiary alicyclic amines) is 1. The summed E-state index contributed by atoms with van der Waals surface area (Å²) in [6.07, 6.45) is 8.86. The van der Waals surface area contributed by atoms with Gasteiger partial charge in [-0.2, -0.15) is 5.10 Å². The van der Waals surface area contributed by atoms with Crippen molar-refractivity contribution in [3.63, 3.8) is 0 Å². The largest absolute Gasteiger partial charge is 0.393 e. The van der Waals surface area contributed by atoms with Crippen molar-refractivity contribution in [2.75, 3.05) is 31.1 Å². The number of carbonyl (C=O) groups is 1. The van der Waals surface area contributed by atoms with Gasteiger partial charge in [0.05, 0.1) is 11.7 Å². The third kappa shape index (κ3) is 4.30. The van der Waals surface area contributed by atoms with Gasteiger partial charge in [0.15, 0.2) is 0 Å². The molecule has 0 aromatic carbocycles. The second kappa shape index (κ2) is 8.08. The monoisotopic (exact) mass is 369 g/mol. The van der Waals surface area contributed by atoms with E-state index in [1.807, 2.05) is 34.0 Å². The molecule has 0 saturated carbocycles. The van der Waals surface area contributed by atoms with Crippen LogP contribution < -0.4 is 4.90 Å². The van der Waals surface area contributed by atoms with Crippen LogP contribution >= 0.6 is 0 Å². The maximum Gasteiger partial charge on any atom is 0.255 e. The fourth-order valence-electron chi connectivity index (χ4n) is 3.97. The van der Waals surface area contributed by atoms with Crippen LogP contribution in [0, 0.1) is 5.92 Å². The highest BCUT2D eigenvalue weighted by molar-refractivity contribution is 5.94. The lowest BCUT2D eigenvalue weighted by Crippen LogP contribution is -2.39. The Morgan fingerprint density at radius 1 is 1.11 bits per heavy atom. The molecule has 0 spiro atoms. The van der Waals surface area contributed by atoms with Gasteiger partial charge in [-0.25, -0.2) is 4.98 Å². The molecule has 4 heterocycles. The first-order chi connectivity index (χ1) is 13.2. The number of hydrogen-bond acceptors (Lipinski definition) is 5. The highest BCUT2D eigenvalue weighted by atomic mass is 16.3. The number of aliphatic hydroxyl groups excluding tert-OH is 1. The van der Waals surface area contributed by atoms with Crippen molar-refractivity contribution in [3.8, 4) is 0 Å². The first kappa shape index (κ1) is 18.0. The molecule has 2 aromatic heterocycles. The highest BCUT2D eigenvalue weighted by Crippen LogP contribution is 2.22. The molecule has 2 aromatic rings. The molecule has 0 bridgehead atoms. The Labute approximate surface area is 159 Å². The van der Waals surface area contributed by atoms with Crippen molar-refractivity contribution in [3.05, 3.63) is 42.4 Å². The quantitative estimate of drug-likeness (QED) is 0.889. The summed E-state index contributed by atoms with van der Waals surface area (Å²) in [5, 5.41) is 13.9. The van der Waals surface area contributed by atoms with E-state index in [1.165, 1.54) is 0 Å². The van der Waals surface area contributed by atoms with Crippen LogP contribution in [0.15, 0.2) is 36.8 Å². The number of aromatic nitrogens is 3. The number of anilines is 1. The number of nitrogens with zero attached hydrogens (tertiary/aromatic N) is 5. The molecule has 0 unspecified atom stereocenters. The van der Waals surface area contributed by atoms with Crippen molar-refractivity contribution in [2.24, 2.45) is 5.92 Å². The Bertz CT molecular complexity index is 730. The van der Waals surface area contributed by atoms with Crippen LogP contribution in [-0.2, 0) is 6.54 Å². The van der Waals surface area contributed by atoms with E-state index in [2.05, 4.69) is 15.0 Å². The molecule has 2 fully saturated rings. The second-order valence-corrected chi connectivity index (χ2v) is 7.59. The Hall–Kier alpha value is -2.41. The molecule has 2 aliphatic heterocycles. The molecular weight excluding hydrogens is 342 g/mol. The molecule has 0 aliphatic carbocycles. The van der Waals surface area contributed by atoms with Gasteiger partial charge in [-0.05, 0) is 49.8 Å². The van der Waals surface area contributed by atoms with E-state index in [0.717, 1.165) is 64.2 Å². The maximum absolute atomic E-state index is 12.8. The molecular formula is C20H27N5O2. The van der Waals surface area contributed by atoms with Crippen LogP contribution in [0.25, 0.3) is 0 Å². The molecule has 2 saturated heterocycles. The lowest BCUT2D eigenvalue weighted by molar-refractivity contribution is 0.0681. The topological polar surface area (TPSA) is 74.5 Å². The summed E-state index contributed by atoms with van der Waals surface area (Å²) in [7, 11) is 0. The summed E-state index contributed by atoms with van der Waals surface area (Å²) in [6.45, 7) is 4.12. The highest BCUT2D eigenvalue weighted by Gasteiger charge is 2.24. The van der Waals surface area contributed by atoms with Crippen LogP contribution in [0.2, 0.25) is 0 Å². The van der Waals surface area contributed by atoms with Crippen molar-refractivity contribution in [2.45, 2.75) is 38.3 Å². The van der Waals surface area contributed by atoms with E-state index in [1.54, 1.807) is 12.4 Å². The van der Waals surface area contributed by atoms with Crippen LogP contribution in [0.4, 0.5) is 5.82 Å². The lowest BCUT2D eigenvalue weighted by Gasteiger charge is -2.32. The van der Waals surface area contributed by atoms with Gasteiger partial charge in [0.2, 0.25) is 0 Å². The summed E-state index contributed by atoms with van der Waals surface area (Å²) < 4.78 is 1.98. The predicted octanol–water partition coefficient (Wildman–Crippen LogP) is 1.79. The van der Waals surface area contributed by atoms with Gasteiger partial charge in [-0.15, -0.1) is 0 Å². The van der Waals surface area contributed by atoms with Gasteiger partial charge in [-0.1, -0.05) is 0 Å². The van der Waals surface area contributed by atoms with Crippen molar-refractivity contribution in [1.29, 1.82) is 0 Å². The van der Waals surface area contributed by atoms with Crippen molar-refractivity contribution in [1.82, 2.24) is 19.7 Å². The molecule has 27 heavy (non-hydrogen) atoms. The SMILES string of the molecule is O=C(c1ccc(N2CCC(O)CC2)nc1)N1CCC(Cn2cccn2)CC1. The standard InChI is InChI=1S/C20H27N5O2/c26-18-6-12-23(13-7-18)19-3-2-17(14-21-19)20(27)24-10-4-16(5-11-24)15-25-9-1-8-22-25/h1-3,8-9,14,16,18,26H,4-7,10-13,15H2. The van der Waals surface area contributed by atoms with E-state index in [-0.39, 0.29) is 12.0 Å². The first-order valence-electron chi connectivity index (χ1n) is 9.85. The van der Waals surface area contributed by atoms with E-state index in [0.29, 0.717) is 11.5 Å². The summed E-state index contributed by atoms with van der Waals surface area (Å²) in [4.78, 5) is 21.4. The molecule has 2 aliphatic rings. The summed E-state index contributed by atoms with van der Waals surface area (Å²) in [5.41, 5.74) is 0.654. The number of piperidine rings is 2. The lowest BCUT2D eigenvalue weighted by atomic mass is 9.96. The Morgan fingerprint density at radius 2 is 1.89 bits per heavy atom. The Kier molecular flexibility index (Phi) is 5.38. The zero-order valence-corrected chi connectivity index (χ0v) is 15.6. The number of carbonyl (C=O) groups excluding carboxylic acids is 1. The predicted molar refractivity (Wildman–Crippen MR) is 103 cm³/mol. The minimum absolute atomic E-state index is 0.0701. The van der Waals surface area contributed by atoms with Crippen LogP contribution in [0.1, 0.15) is 36.0 Å². The molecule has 144 valence electrons. The van der Waals surface area contributed by atoms with E-state index in [4.69, 9.17) is 0 Å². The zero-order chi connectivity index (χ0) is 18.6. The molecule has 0 atom stereocenters. The smallest absolute Gasteiger partial charge is 0.255 e. The molecule has 7 nitrogen and oxygen atoms in total. The van der Waals surface area contributed by atoms with Crippen molar-refractivity contribution >= 4 is 11.7 Å². The van der Waals surface area contributed by atoms with Gasteiger partial charge in [0, 0.05) is 51.3 Å². The number of aliphatic hydroxyl groups is 1. The normalized spacial score (nSPS) is 19.4. The molecule has 7 heteroatoms. The fraction of sp³-hybridized carbons (Fsp3) is 0.550. The summed E-state index contributed by atoms with van der Waals surface area (Å²) in [6, 6.07) is 5.75. The minimum Gasteiger partial charge on any atom is -0.393 e. The minimum atomic E-state index is -0.196. The van der Waals surface area contributed by atoms with Gasteiger partial charge in [-0.3, -0.25) is 9.48 Å². The molecule has 1 amide bonds. The molecule has 1 N–H and O–H groups in total. The van der Waals surface area contributed by atoms with Gasteiger partial charge in [0.1, 0.15) is 5.82 Å². The Balaban J connectivity index is 1.30. The van der Waals surface area contributed by atoms with E-state index < -0.39 is 0 Å². The molecule has 0 radical (unpaired) electrons. The maximum atomic E-state index is 12.8. The Morgan fingerprint density at radius 3 is 2.52 bits per heavy atom. The van der Waals surface area contributed by atoms with Gasteiger partial charge in [0.25, 0.3) is 5.91 Å². The van der Waals surface area contributed by atoms with Crippen LogP contribution in [-0.4, -0.2) is 63.0 Å². The van der Waals surface area contributed by atoms with Gasteiger partial charge >= 0.3 is 0 Å². The number of hydrogen-bond donors (Lipinski definition) is 1. The molecule has 4 rings (SSSR count). The first-order valence-corrected chi connectivity index (χ1v) is 9.85. The second-order valence-electron chi connectivity index (χ2n) is 7.59. The summed E-state index contributed by atoms with van der Waals surface area (Å²) >= 11 is 0. The van der Waals surface area contributed by atoms with Gasteiger partial charge < -0.3 is 14.9 Å². The van der Waals surface area contributed by atoms with Crippen molar-refractivity contribution < 1.29 is 9.90 Å². The zero-order valence-electron chi connectivity index (χ0n) is 15.6. The fourth-order valence-corrected chi connectivity index (χ4v) is 3.97. The average Bonchev–Trinajstić information content (AvgIpc) is 3.22. The van der Waals surface area contributed by atoms with E-state index in [9.17, 15) is 9.90 Å².